The third kappa shape index (κ3) is 2.14. The van der Waals surface area contributed by atoms with Gasteiger partial charge in [0, 0.05) is 11.3 Å². The molecule has 2 aromatic rings. The summed E-state index contributed by atoms with van der Waals surface area (Å²) in [5, 5.41) is 9.01. The van der Waals surface area contributed by atoms with E-state index in [4.69, 9.17) is 0 Å². The van der Waals surface area contributed by atoms with Crippen molar-refractivity contribution in [2.45, 2.75) is 18.2 Å². The minimum absolute atomic E-state index is 0.113. The number of hydrogen-bond donors (Lipinski definition) is 3. The number of aromatic amines is 1. The molecule has 0 spiro atoms. The van der Waals surface area contributed by atoms with Gasteiger partial charge in [-0.1, -0.05) is 0 Å². The molecule has 0 saturated carbocycles. The Labute approximate surface area is 115 Å². The van der Waals surface area contributed by atoms with E-state index >= 15 is 0 Å². The van der Waals surface area contributed by atoms with Gasteiger partial charge in [-0.15, -0.1) is 0 Å². The first-order valence-corrected chi connectivity index (χ1v) is 7.39. The van der Waals surface area contributed by atoms with Gasteiger partial charge in [0.1, 0.15) is 5.82 Å². The lowest BCUT2D eigenvalue weighted by Crippen LogP contribution is -2.14. The normalized spacial score (nSPS) is 13.9. The maximum Gasteiger partial charge on any atom is 0.263 e. The Hall–Kier alpha value is -2.35. The van der Waals surface area contributed by atoms with E-state index in [0.29, 0.717) is 22.6 Å². The molecule has 2 heterocycles. The number of aryl methyl sites for hydroxylation is 1. The van der Waals surface area contributed by atoms with E-state index in [1.165, 1.54) is 18.3 Å². The Morgan fingerprint density at radius 3 is 2.85 bits per heavy atom. The second kappa shape index (κ2) is 4.34. The van der Waals surface area contributed by atoms with Crippen LogP contribution in [0, 0.1) is 6.92 Å². The third-order valence-corrected chi connectivity index (χ3v) is 4.42. The zero-order chi connectivity index (χ0) is 14.3. The first kappa shape index (κ1) is 12.7. The lowest BCUT2D eigenvalue weighted by atomic mass is 10.2. The van der Waals surface area contributed by atoms with Crippen LogP contribution in [0.25, 0.3) is 0 Å². The van der Waals surface area contributed by atoms with E-state index in [0.717, 1.165) is 0 Å². The van der Waals surface area contributed by atoms with Gasteiger partial charge in [0.05, 0.1) is 17.5 Å². The summed E-state index contributed by atoms with van der Waals surface area (Å²) in [7, 11) is -3.71. The molecule has 1 amide bonds. The molecule has 1 aromatic heterocycles. The summed E-state index contributed by atoms with van der Waals surface area (Å²) in [5.74, 6) is 0.201. The largest absolute Gasteiger partial charge is 0.326 e. The van der Waals surface area contributed by atoms with Crippen LogP contribution >= 0.6 is 0 Å². The van der Waals surface area contributed by atoms with Crippen LogP contribution < -0.4 is 10.0 Å². The Balaban J connectivity index is 1.95. The van der Waals surface area contributed by atoms with Crippen LogP contribution in [-0.4, -0.2) is 24.5 Å². The predicted molar refractivity (Wildman–Crippen MR) is 72.9 cm³/mol. The smallest absolute Gasteiger partial charge is 0.263 e. The SMILES string of the molecule is Cc1cn[nH]c1NS(=O)(=O)c1ccc2c(c1)CC(=O)N2. The van der Waals surface area contributed by atoms with Gasteiger partial charge >= 0.3 is 0 Å². The minimum atomic E-state index is -3.71. The highest BCUT2D eigenvalue weighted by molar-refractivity contribution is 7.92. The molecule has 0 bridgehead atoms. The summed E-state index contributed by atoms with van der Waals surface area (Å²) >= 11 is 0. The van der Waals surface area contributed by atoms with Gasteiger partial charge < -0.3 is 5.32 Å². The number of carbonyl (C=O) groups excluding carboxylic acids is 1. The minimum Gasteiger partial charge on any atom is -0.326 e. The van der Waals surface area contributed by atoms with Crippen molar-refractivity contribution in [2.24, 2.45) is 0 Å². The zero-order valence-corrected chi connectivity index (χ0v) is 11.4. The zero-order valence-electron chi connectivity index (χ0n) is 10.6. The number of amides is 1. The third-order valence-electron chi connectivity index (χ3n) is 3.08. The number of nitrogens with zero attached hydrogens (tertiary/aromatic N) is 1. The van der Waals surface area contributed by atoms with E-state index in [9.17, 15) is 13.2 Å². The lowest BCUT2D eigenvalue weighted by Gasteiger charge is -2.08. The van der Waals surface area contributed by atoms with Gasteiger partial charge in [0.25, 0.3) is 10.0 Å². The number of rotatable bonds is 3. The van der Waals surface area contributed by atoms with Crippen molar-refractivity contribution in [1.82, 2.24) is 10.2 Å². The van der Waals surface area contributed by atoms with Crippen LogP contribution in [0.2, 0.25) is 0 Å². The molecule has 1 aromatic carbocycles. The van der Waals surface area contributed by atoms with E-state index in [1.807, 2.05) is 0 Å². The number of nitrogens with one attached hydrogen (secondary N) is 3. The fourth-order valence-electron chi connectivity index (χ4n) is 2.02. The molecular formula is C12H12N4O3S. The number of H-pyrrole nitrogens is 1. The quantitative estimate of drug-likeness (QED) is 0.785. The van der Waals surface area contributed by atoms with E-state index in [2.05, 4.69) is 20.2 Å². The maximum atomic E-state index is 12.3. The number of hydrogen-bond acceptors (Lipinski definition) is 4. The first-order chi connectivity index (χ1) is 9.45. The van der Waals surface area contributed by atoms with Crippen LogP contribution in [-0.2, 0) is 21.2 Å². The summed E-state index contributed by atoms with van der Waals surface area (Å²) in [6.45, 7) is 1.74. The molecule has 20 heavy (non-hydrogen) atoms. The molecule has 0 saturated heterocycles. The monoisotopic (exact) mass is 292 g/mol. The topological polar surface area (TPSA) is 104 Å². The van der Waals surface area contributed by atoms with Gasteiger partial charge in [-0.05, 0) is 30.7 Å². The fourth-order valence-corrected chi connectivity index (χ4v) is 3.15. The molecule has 0 unspecified atom stereocenters. The van der Waals surface area contributed by atoms with Crippen molar-refractivity contribution < 1.29 is 13.2 Å². The molecular weight excluding hydrogens is 280 g/mol. The predicted octanol–water partition coefficient (Wildman–Crippen LogP) is 1.01. The van der Waals surface area contributed by atoms with Crippen LogP contribution in [0.1, 0.15) is 11.1 Å². The average molecular weight is 292 g/mol. The number of benzene rings is 1. The highest BCUT2D eigenvalue weighted by atomic mass is 32.2. The van der Waals surface area contributed by atoms with Gasteiger partial charge in [0.15, 0.2) is 0 Å². The number of carbonyl (C=O) groups is 1. The molecule has 0 radical (unpaired) electrons. The van der Waals surface area contributed by atoms with Crippen LogP contribution in [0.4, 0.5) is 11.5 Å². The number of anilines is 2. The van der Waals surface area contributed by atoms with Crippen molar-refractivity contribution in [3.8, 4) is 0 Å². The van der Waals surface area contributed by atoms with Gasteiger partial charge in [0.2, 0.25) is 5.91 Å². The maximum absolute atomic E-state index is 12.3. The lowest BCUT2D eigenvalue weighted by molar-refractivity contribution is -0.115. The molecule has 1 aliphatic heterocycles. The Kier molecular flexibility index (Phi) is 2.75. The Morgan fingerprint density at radius 1 is 1.35 bits per heavy atom. The van der Waals surface area contributed by atoms with Crippen molar-refractivity contribution in [1.29, 1.82) is 0 Å². The average Bonchev–Trinajstić information content (AvgIpc) is 2.93. The molecule has 1 aliphatic rings. The van der Waals surface area contributed by atoms with Gasteiger partial charge in [-0.3, -0.25) is 14.6 Å². The van der Waals surface area contributed by atoms with Crippen LogP contribution in [0.3, 0.4) is 0 Å². The van der Waals surface area contributed by atoms with E-state index in [-0.39, 0.29) is 17.2 Å². The molecule has 8 heteroatoms. The van der Waals surface area contributed by atoms with E-state index in [1.54, 1.807) is 13.0 Å². The molecule has 7 nitrogen and oxygen atoms in total. The fraction of sp³-hybridized carbons (Fsp3) is 0.167. The molecule has 3 N–H and O–H groups in total. The molecule has 0 atom stereocenters. The number of fused-ring (bicyclic) bond motifs is 1. The summed E-state index contributed by atoms with van der Waals surface area (Å²) in [6, 6.07) is 4.55. The van der Waals surface area contributed by atoms with Crippen molar-refractivity contribution in [3.63, 3.8) is 0 Å². The highest BCUT2D eigenvalue weighted by Crippen LogP contribution is 2.26. The number of sulfonamides is 1. The molecule has 3 rings (SSSR count). The summed E-state index contributed by atoms with van der Waals surface area (Å²) in [5.41, 5.74) is 2.04. The number of aromatic nitrogens is 2. The first-order valence-electron chi connectivity index (χ1n) is 5.91. The molecule has 0 fully saturated rings. The Morgan fingerprint density at radius 2 is 2.15 bits per heavy atom. The van der Waals surface area contributed by atoms with Crippen molar-refractivity contribution >= 4 is 27.4 Å². The highest BCUT2D eigenvalue weighted by Gasteiger charge is 2.22. The standard InChI is InChI=1S/C12H12N4O3S/c1-7-6-13-15-12(7)16-20(18,19)9-2-3-10-8(4-9)5-11(17)14-10/h2-4,6H,5H2,1H3,(H,14,17)(H2,13,15,16). The second-order valence-corrected chi connectivity index (χ2v) is 6.26. The van der Waals surface area contributed by atoms with Gasteiger partial charge in [-0.2, -0.15) is 5.10 Å². The summed E-state index contributed by atoms with van der Waals surface area (Å²) in [4.78, 5) is 11.4. The Bertz CT molecular complexity index is 795. The van der Waals surface area contributed by atoms with E-state index < -0.39 is 10.0 Å². The summed E-state index contributed by atoms with van der Waals surface area (Å²) < 4.78 is 27.0. The molecule has 104 valence electrons. The second-order valence-electron chi connectivity index (χ2n) is 4.58. The summed E-state index contributed by atoms with van der Waals surface area (Å²) in [6.07, 6.45) is 1.73. The van der Waals surface area contributed by atoms with Crippen LogP contribution in [0.15, 0.2) is 29.3 Å². The van der Waals surface area contributed by atoms with Gasteiger partial charge in [-0.25, -0.2) is 8.42 Å². The van der Waals surface area contributed by atoms with Crippen molar-refractivity contribution in [2.75, 3.05) is 10.0 Å². The van der Waals surface area contributed by atoms with Crippen LogP contribution in [0.5, 0.6) is 0 Å². The molecule has 0 aliphatic carbocycles. The van der Waals surface area contributed by atoms with Crippen molar-refractivity contribution in [3.05, 3.63) is 35.5 Å².